The molecule has 0 saturated carbocycles. The minimum atomic E-state index is -4.44. The smallest absolute Gasteiger partial charge is 1.00 e. The van der Waals surface area contributed by atoms with Crippen molar-refractivity contribution in [2.24, 2.45) is 0 Å². The van der Waals surface area contributed by atoms with E-state index in [1.165, 1.54) is 52.4 Å². The molecule has 29 heavy (non-hydrogen) atoms. The average molecular weight is 547 g/mol. The van der Waals surface area contributed by atoms with Gasteiger partial charge >= 0.3 is 163 Å². The number of halogens is 2. The Bertz CT molecular complexity index is 989. The van der Waals surface area contributed by atoms with Gasteiger partial charge in [-0.1, -0.05) is 0 Å². The first-order valence-corrected chi connectivity index (χ1v) is 40.7. The third kappa shape index (κ3) is 3.86. The number of hydrogen-bond donors (Lipinski definition) is 0. The van der Waals surface area contributed by atoms with Gasteiger partial charge in [0.05, 0.1) is 0 Å². The van der Waals surface area contributed by atoms with Crippen molar-refractivity contribution in [2.75, 3.05) is 0 Å². The molecule has 0 saturated heterocycles. The van der Waals surface area contributed by atoms with E-state index in [0.717, 1.165) is 0 Å². The summed E-state index contributed by atoms with van der Waals surface area (Å²) in [7, 11) is 2.58. The summed E-state index contributed by atoms with van der Waals surface area (Å²) in [5.41, 5.74) is 8.05. The first-order valence-electron chi connectivity index (χ1n) is 11.3. The molecule has 0 aromatic heterocycles. The summed E-state index contributed by atoms with van der Waals surface area (Å²) in [6.07, 6.45) is 19.3. The molecule has 0 aliphatic heterocycles. The molecule has 4 rings (SSSR count). The van der Waals surface area contributed by atoms with Gasteiger partial charge in [-0.15, -0.1) is 0 Å². The van der Waals surface area contributed by atoms with Crippen molar-refractivity contribution in [3.8, 4) is 0 Å². The maximum atomic E-state index is 2.83. The second-order valence-corrected chi connectivity index (χ2v) is 160. The van der Waals surface area contributed by atoms with Crippen LogP contribution in [-0.4, -0.2) is 14.7 Å². The molecule has 0 N–H and O–H groups in total. The van der Waals surface area contributed by atoms with Crippen LogP contribution in [0.5, 0.6) is 0 Å². The van der Waals surface area contributed by atoms with E-state index in [-0.39, 0.29) is 24.8 Å². The standard InChI is InChI=1S/C12H11.C8H11.4CH3.2ClH.2H3Si.Zr/c1-3-9-7-11-5-2-6-12(11)8-10(9)4-1;1-2-5-8-6-3-4-7-8;;;;;;;;;/h1,3-4,7-8H,2,5-6H2;3-4,6-7H,2,5H2,1H3;4*1H3;2*1H;2*1H3;/p-2. The van der Waals surface area contributed by atoms with Crippen molar-refractivity contribution in [2.45, 2.75) is 64.8 Å². The van der Waals surface area contributed by atoms with Crippen LogP contribution >= 0.6 is 0 Å². The molecule has 164 valence electrons. The summed E-state index contributed by atoms with van der Waals surface area (Å²) in [4.78, 5) is 0. The van der Waals surface area contributed by atoms with Crippen LogP contribution in [0.3, 0.4) is 0 Å². The molecule has 5 heteroatoms. The Morgan fingerprint density at radius 1 is 0.931 bits per heavy atom. The molecule has 3 aliphatic rings. The van der Waals surface area contributed by atoms with Crippen LogP contribution < -0.4 is 24.8 Å². The van der Waals surface area contributed by atoms with Gasteiger partial charge in [-0.05, 0) is 0 Å². The van der Waals surface area contributed by atoms with E-state index < -0.39 is 12.7 Å². The zero-order chi connectivity index (χ0) is 19.9. The van der Waals surface area contributed by atoms with Gasteiger partial charge in [-0.25, -0.2) is 0 Å². The van der Waals surface area contributed by atoms with Crippen molar-refractivity contribution in [3.63, 3.8) is 0 Å². The number of hydrogen-bond acceptors (Lipinski definition) is 0. The Kier molecular flexibility index (Phi) is 4.97. The number of aryl methyl sites for hydroxylation is 2. The molecule has 0 bridgehead atoms. The van der Waals surface area contributed by atoms with Crippen LogP contribution in [0.25, 0.3) is 6.08 Å². The number of benzene rings is 1. The van der Waals surface area contributed by atoms with Crippen LogP contribution in [0.2, 0.25) is 22.2 Å². The van der Waals surface area contributed by atoms with Gasteiger partial charge in [-0.2, -0.15) is 0 Å². The first-order chi connectivity index (χ1) is 12.0. The van der Waals surface area contributed by atoms with E-state index in [1.807, 2.05) is 0 Å². The summed E-state index contributed by atoms with van der Waals surface area (Å²) in [6.45, 7) is 2.31. The molecule has 0 heterocycles. The molecule has 0 radical (unpaired) electrons. The van der Waals surface area contributed by atoms with Crippen LogP contribution in [0.4, 0.5) is 0 Å². The summed E-state index contributed by atoms with van der Waals surface area (Å²) in [6, 6.07) is 5.17. The molecular formula is C24H40Cl2Si2Zr-2. The Morgan fingerprint density at radius 3 is 2.17 bits per heavy atom. The average Bonchev–Trinajstić information content (AvgIpc) is 3.22. The molecule has 0 amide bonds. The molecule has 3 aliphatic carbocycles. The number of fused-ring (bicyclic) bond motifs is 2. The monoisotopic (exact) mass is 544 g/mol. The van der Waals surface area contributed by atoms with E-state index in [9.17, 15) is 0 Å². The van der Waals surface area contributed by atoms with Crippen molar-refractivity contribution < 1.29 is 37.5 Å². The van der Waals surface area contributed by atoms with Gasteiger partial charge in [0.2, 0.25) is 0 Å². The van der Waals surface area contributed by atoms with Crippen LogP contribution in [0.1, 0.15) is 52.1 Å². The minimum absolute atomic E-state index is 0. The van der Waals surface area contributed by atoms with Crippen molar-refractivity contribution in [3.05, 3.63) is 64.3 Å². The fraction of sp³-hybridized carbons (Fsp3) is 0.500. The van der Waals surface area contributed by atoms with E-state index in [1.54, 1.807) is 22.3 Å². The van der Waals surface area contributed by atoms with Gasteiger partial charge < -0.3 is 24.8 Å². The first kappa shape index (κ1) is 25.6. The SMILES string of the molecule is CCCC1=C[CH]([Zr]([CH3])([CH3])([CH3])([CH3])([SiH3])([SiH3])[CH]2C=Cc3cc4c(cc32)CCC4)C=C1.[Cl-].[Cl-]. The zero-order valence-electron chi connectivity index (χ0n) is 19.5. The largest absolute Gasteiger partial charge is 1.00 e. The van der Waals surface area contributed by atoms with Crippen molar-refractivity contribution in [1.82, 2.24) is 0 Å². The molecule has 1 aromatic carbocycles. The molecule has 2 atom stereocenters. The quantitative estimate of drug-likeness (QED) is 0.442. The van der Waals surface area contributed by atoms with E-state index in [2.05, 4.69) is 68.0 Å². The van der Waals surface area contributed by atoms with Gasteiger partial charge in [-0.3, -0.25) is 0 Å². The van der Waals surface area contributed by atoms with E-state index in [4.69, 9.17) is 0 Å². The molecule has 0 nitrogen and oxygen atoms in total. The molecule has 0 spiro atoms. The van der Waals surface area contributed by atoms with E-state index in [0.29, 0.717) is 7.25 Å². The Hall–Kier alpha value is 0.337. The Morgan fingerprint density at radius 2 is 1.55 bits per heavy atom. The molecule has 0 fully saturated rings. The number of rotatable bonds is 4. The van der Waals surface area contributed by atoms with Crippen LogP contribution in [0.15, 0.2) is 42.0 Å². The third-order valence-electron chi connectivity index (χ3n) is 8.79. The minimum Gasteiger partial charge on any atom is -1.00 e. The van der Waals surface area contributed by atoms with Gasteiger partial charge in [0.25, 0.3) is 0 Å². The predicted octanol–water partition coefficient (Wildman–Crippen LogP) is -0.614. The van der Waals surface area contributed by atoms with Crippen molar-refractivity contribution in [1.29, 1.82) is 0 Å². The number of allylic oxidation sites excluding steroid dienone is 5. The summed E-state index contributed by atoms with van der Waals surface area (Å²) < 4.78 is 12.6. The topological polar surface area (TPSA) is 0 Å². The van der Waals surface area contributed by atoms with Gasteiger partial charge in [0.15, 0.2) is 0 Å². The normalized spacial score (nSPS) is 27.6. The maximum absolute atomic E-state index is 4.44. The van der Waals surface area contributed by atoms with Crippen molar-refractivity contribution >= 4 is 20.8 Å². The second kappa shape index (κ2) is 5.63. The fourth-order valence-electron chi connectivity index (χ4n) is 6.45. The molecular weight excluding hydrogens is 507 g/mol. The fourth-order valence-corrected chi connectivity index (χ4v) is 33.2. The van der Waals surface area contributed by atoms with Crippen LogP contribution in [0, 0.1) is 0 Å². The Balaban J connectivity index is 0.00000150. The molecule has 2 unspecified atom stereocenters. The van der Waals surface area contributed by atoms with Crippen LogP contribution in [-0.2, 0) is 25.5 Å². The predicted molar refractivity (Wildman–Crippen MR) is 129 cm³/mol. The third-order valence-corrected chi connectivity index (χ3v) is 47.0. The van der Waals surface area contributed by atoms with Gasteiger partial charge in [0, 0.05) is 0 Å². The van der Waals surface area contributed by atoms with Gasteiger partial charge in [0.1, 0.15) is 0 Å². The Labute approximate surface area is 186 Å². The zero-order valence-corrected chi connectivity index (χ0v) is 27.5. The summed E-state index contributed by atoms with van der Waals surface area (Å²) in [5, 5.41) is 0. The summed E-state index contributed by atoms with van der Waals surface area (Å²) >= 11 is -4.44. The summed E-state index contributed by atoms with van der Waals surface area (Å²) in [5.74, 6) is 0. The van der Waals surface area contributed by atoms with E-state index >= 15 is 0 Å². The molecule has 1 aromatic rings. The maximum Gasteiger partial charge on any atom is -1.00 e. The second-order valence-electron chi connectivity index (χ2n) is 17.4.